The zero-order chi connectivity index (χ0) is 19.9. The van der Waals surface area contributed by atoms with Crippen molar-refractivity contribution in [2.45, 2.75) is 67.8 Å². The van der Waals surface area contributed by atoms with Crippen molar-refractivity contribution in [2.75, 3.05) is 0 Å². The Morgan fingerprint density at radius 1 is 0.893 bits per heavy atom. The molecule has 2 heterocycles. The second kappa shape index (κ2) is 7.86. The Bertz CT molecular complexity index is 734. The number of hydrogen-bond acceptors (Lipinski definition) is 2. The predicted molar refractivity (Wildman–Crippen MR) is 127 cm³/mol. The van der Waals surface area contributed by atoms with Crippen LogP contribution in [0.3, 0.4) is 0 Å². The van der Waals surface area contributed by atoms with Gasteiger partial charge in [0.15, 0.2) is 0 Å². The van der Waals surface area contributed by atoms with E-state index in [9.17, 15) is 0 Å². The number of benzene rings is 2. The maximum Gasteiger partial charge on any atom is 0.261 e. The van der Waals surface area contributed by atoms with E-state index in [1.165, 1.54) is 10.4 Å². The summed E-state index contributed by atoms with van der Waals surface area (Å²) < 4.78 is 14.2. The fraction of sp³-hybridized carbons (Fsp3) is 0.500. The van der Waals surface area contributed by atoms with E-state index in [0.717, 1.165) is 12.8 Å². The van der Waals surface area contributed by atoms with E-state index in [0.29, 0.717) is 22.1 Å². The average molecular weight is 507 g/mol. The molecule has 2 aliphatic rings. The Balaban J connectivity index is 1.78. The molecule has 5 atom stereocenters. The summed E-state index contributed by atoms with van der Waals surface area (Å²) in [5.74, 6) is 0.610. The summed E-state index contributed by atoms with van der Waals surface area (Å²) in [6.07, 6.45) is 2.96. The lowest BCUT2D eigenvalue weighted by Crippen LogP contribution is -2.68. The normalized spacial score (nSPS) is 30.4. The number of hydrogen-bond donors (Lipinski definition) is 0. The third-order valence-electron chi connectivity index (χ3n) is 6.54. The largest absolute Gasteiger partial charge is 0.404 e. The Labute approximate surface area is 184 Å². The maximum absolute atomic E-state index is 7.35. The van der Waals surface area contributed by atoms with Crippen LogP contribution >= 0.6 is 22.6 Å². The summed E-state index contributed by atoms with van der Waals surface area (Å²) >= 11 is 2.59. The number of halogens is 1. The average Bonchev–Trinajstić information content (AvgIpc) is 2.89. The van der Waals surface area contributed by atoms with Crippen molar-refractivity contribution in [3.05, 3.63) is 60.7 Å². The van der Waals surface area contributed by atoms with Crippen LogP contribution in [0.15, 0.2) is 60.7 Å². The molecule has 2 fully saturated rings. The molecule has 0 spiro atoms. The molecular formula is C24H31IO2Si. The van der Waals surface area contributed by atoms with E-state index >= 15 is 0 Å². The number of fused-ring (bicyclic) bond motifs is 2. The van der Waals surface area contributed by atoms with Crippen LogP contribution in [0, 0.1) is 5.92 Å². The summed E-state index contributed by atoms with van der Waals surface area (Å²) in [6, 6.07) is 22.0. The van der Waals surface area contributed by atoms with E-state index in [1.54, 1.807) is 0 Å². The van der Waals surface area contributed by atoms with Crippen LogP contribution in [-0.2, 0) is 9.16 Å². The highest BCUT2D eigenvalue weighted by atomic mass is 127. The van der Waals surface area contributed by atoms with Gasteiger partial charge in [0.05, 0.1) is 18.3 Å². The molecule has 0 aromatic heterocycles. The van der Waals surface area contributed by atoms with Gasteiger partial charge in [-0.05, 0) is 34.2 Å². The van der Waals surface area contributed by atoms with Gasteiger partial charge in [-0.2, -0.15) is 0 Å². The van der Waals surface area contributed by atoms with Gasteiger partial charge in [-0.1, -0.05) is 111 Å². The highest BCUT2D eigenvalue weighted by Crippen LogP contribution is 2.45. The van der Waals surface area contributed by atoms with Crippen LogP contribution in [-0.4, -0.2) is 30.6 Å². The van der Waals surface area contributed by atoms with Gasteiger partial charge >= 0.3 is 0 Å². The SMILES string of the molecule is C[C@@H]1[C@H](I)[C@H]2C[C@@H](O[Si](c3ccccc3)(c3ccccc3)C(C)(C)C)C[C@@H]1O2. The van der Waals surface area contributed by atoms with Crippen LogP contribution < -0.4 is 10.4 Å². The molecule has 2 aliphatic heterocycles. The minimum absolute atomic E-state index is 0.0302. The van der Waals surface area contributed by atoms with Gasteiger partial charge in [-0.3, -0.25) is 0 Å². The molecule has 0 unspecified atom stereocenters. The third-order valence-corrected chi connectivity index (χ3v) is 13.6. The summed E-state index contributed by atoms with van der Waals surface area (Å²) in [5.41, 5.74) is 0. The summed E-state index contributed by atoms with van der Waals surface area (Å²) in [6.45, 7) is 9.41. The molecule has 4 rings (SSSR count). The summed E-state index contributed by atoms with van der Waals surface area (Å²) in [5, 5.41) is 2.76. The van der Waals surface area contributed by atoms with E-state index in [1.807, 2.05) is 0 Å². The van der Waals surface area contributed by atoms with Crippen LogP contribution in [0.1, 0.15) is 40.5 Å². The first-order valence-corrected chi connectivity index (χ1v) is 13.6. The zero-order valence-corrected chi connectivity index (χ0v) is 20.4. The highest BCUT2D eigenvalue weighted by Gasteiger charge is 2.54. The standard InChI is InChI=1S/C24H31IO2Si/c1-17-21-15-18(16-22(26-21)23(17)25)27-28(24(2,3)4,19-11-7-5-8-12-19)20-13-9-6-10-14-20/h5-14,17-18,21-23H,15-16H2,1-4H3/t17-,18-,21-,22+,23-/m0/s1. The topological polar surface area (TPSA) is 18.5 Å². The lowest BCUT2D eigenvalue weighted by Gasteiger charge is -2.46. The molecule has 0 N–H and O–H groups in total. The zero-order valence-electron chi connectivity index (χ0n) is 17.3. The minimum atomic E-state index is -2.47. The molecule has 28 heavy (non-hydrogen) atoms. The van der Waals surface area contributed by atoms with Crippen molar-refractivity contribution in [3.8, 4) is 0 Å². The molecule has 2 aromatic carbocycles. The molecule has 2 saturated heterocycles. The van der Waals surface area contributed by atoms with E-state index < -0.39 is 8.32 Å². The molecule has 0 saturated carbocycles. The quantitative estimate of drug-likeness (QED) is 0.333. The smallest absolute Gasteiger partial charge is 0.261 e. The summed E-state index contributed by atoms with van der Waals surface area (Å²) in [7, 11) is -2.47. The van der Waals surface area contributed by atoms with Crippen LogP contribution in [0.2, 0.25) is 5.04 Å². The molecule has 0 amide bonds. The lowest BCUT2D eigenvalue weighted by atomic mass is 10.0. The van der Waals surface area contributed by atoms with Crippen molar-refractivity contribution in [1.29, 1.82) is 0 Å². The van der Waals surface area contributed by atoms with Gasteiger partial charge in [-0.25, -0.2) is 0 Å². The molecule has 4 heteroatoms. The van der Waals surface area contributed by atoms with E-state index in [2.05, 4.69) is 111 Å². The van der Waals surface area contributed by atoms with Gasteiger partial charge in [0.25, 0.3) is 8.32 Å². The third kappa shape index (κ3) is 3.51. The molecule has 2 nitrogen and oxygen atoms in total. The fourth-order valence-electron chi connectivity index (χ4n) is 5.07. The Morgan fingerprint density at radius 2 is 1.39 bits per heavy atom. The van der Waals surface area contributed by atoms with Gasteiger partial charge in [-0.15, -0.1) is 0 Å². The van der Waals surface area contributed by atoms with Gasteiger partial charge in [0, 0.05) is 3.92 Å². The van der Waals surface area contributed by atoms with Crippen molar-refractivity contribution < 1.29 is 9.16 Å². The van der Waals surface area contributed by atoms with Crippen LogP contribution in [0.4, 0.5) is 0 Å². The van der Waals surface area contributed by atoms with Gasteiger partial charge in [0.1, 0.15) is 0 Å². The fourth-order valence-corrected chi connectivity index (χ4v) is 10.7. The highest BCUT2D eigenvalue weighted by molar-refractivity contribution is 14.1. The molecule has 2 bridgehead atoms. The molecular weight excluding hydrogens is 475 g/mol. The second-order valence-corrected chi connectivity index (χ2v) is 15.1. The number of alkyl halides is 1. The van der Waals surface area contributed by atoms with Crippen molar-refractivity contribution in [2.24, 2.45) is 5.92 Å². The lowest BCUT2D eigenvalue weighted by molar-refractivity contribution is -0.0520. The van der Waals surface area contributed by atoms with Crippen LogP contribution in [0.5, 0.6) is 0 Å². The monoisotopic (exact) mass is 506 g/mol. The molecule has 0 aliphatic carbocycles. The van der Waals surface area contributed by atoms with E-state index in [4.69, 9.17) is 9.16 Å². The summed E-state index contributed by atoms with van der Waals surface area (Å²) in [4.78, 5) is 0. The van der Waals surface area contributed by atoms with Crippen molar-refractivity contribution in [3.63, 3.8) is 0 Å². The first kappa shape index (κ1) is 20.6. The number of ether oxygens (including phenoxy) is 1. The first-order valence-electron chi connectivity index (χ1n) is 10.4. The van der Waals surface area contributed by atoms with Gasteiger partial charge in [0.2, 0.25) is 0 Å². The maximum atomic E-state index is 7.35. The van der Waals surface area contributed by atoms with Crippen molar-refractivity contribution >= 4 is 41.3 Å². The minimum Gasteiger partial charge on any atom is -0.404 e. The van der Waals surface area contributed by atoms with Crippen molar-refractivity contribution in [1.82, 2.24) is 0 Å². The first-order chi connectivity index (χ1) is 13.3. The number of rotatable bonds is 4. The Kier molecular flexibility index (Phi) is 5.77. The molecule has 0 radical (unpaired) electrons. The van der Waals surface area contributed by atoms with E-state index in [-0.39, 0.29) is 11.1 Å². The molecule has 150 valence electrons. The Hall–Kier alpha value is -0.693. The second-order valence-electron chi connectivity index (χ2n) is 9.39. The predicted octanol–water partition coefficient (Wildman–Crippen LogP) is 4.93. The van der Waals surface area contributed by atoms with Gasteiger partial charge < -0.3 is 9.16 Å². The Morgan fingerprint density at radius 3 is 1.86 bits per heavy atom. The van der Waals surface area contributed by atoms with Crippen LogP contribution in [0.25, 0.3) is 0 Å². The molecule has 2 aromatic rings.